The summed E-state index contributed by atoms with van der Waals surface area (Å²) >= 11 is 5.88. The Morgan fingerprint density at radius 3 is 2.51 bits per heavy atom. The summed E-state index contributed by atoms with van der Waals surface area (Å²) in [5.74, 6) is -0.261. The summed E-state index contributed by atoms with van der Waals surface area (Å²) in [6, 6.07) is 23.5. The van der Waals surface area contributed by atoms with E-state index in [1.165, 1.54) is 6.21 Å². The molecule has 0 radical (unpaired) electrons. The van der Waals surface area contributed by atoms with E-state index in [0.29, 0.717) is 24.4 Å². The Kier molecular flexibility index (Phi) is 8.14. The maximum atomic E-state index is 13.0. The fraction of sp³-hybridized carbons (Fsp3) is 0.148. The van der Waals surface area contributed by atoms with Gasteiger partial charge in [-0.15, -0.1) is 0 Å². The van der Waals surface area contributed by atoms with Crippen molar-refractivity contribution in [2.24, 2.45) is 5.10 Å². The van der Waals surface area contributed by atoms with Gasteiger partial charge in [-0.05, 0) is 41.3 Å². The Bertz CT molecular complexity index is 1300. The van der Waals surface area contributed by atoms with Crippen LogP contribution in [0, 0.1) is 0 Å². The van der Waals surface area contributed by atoms with Crippen LogP contribution in [0.1, 0.15) is 16.7 Å². The van der Waals surface area contributed by atoms with Gasteiger partial charge in [-0.3, -0.25) is 4.79 Å². The third-order valence-electron chi connectivity index (χ3n) is 5.53. The molecule has 8 heteroatoms. The molecule has 0 bridgehead atoms. The number of hydrogen-bond acceptors (Lipinski definition) is 3. The highest BCUT2D eigenvalue weighted by Gasteiger charge is 2.22. The van der Waals surface area contributed by atoms with Crippen LogP contribution in [-0.2, 0) is 17.6 Å². The minimum absolute atomic E-state index is 0.261. The number of benzene rings is 3. The molecule has 0 fully saturated rings. The molecular formula is C27H26ClN5O2. The Hall–Kier alpha value is -4.10. The van der Waals surface area contributed by atoms with Crippen molar-refractivity contribution in [3.05, 3.63) is 107 Å². The number of hydrogen-bond donors (Lipinski definition) is 4. The number of halogens is 1. The van der Waals surface area contributed by atoms with Gasteiger partial charge >= 0.3 is 6.03 Å². The van der Waals surface area contributed by atoms with Crippen LogP contribution in [0.25, 0.3) is 10.9 Å². The van der Waals surface area contributed by atoms with Gasteiger partial charge in [-0.2, -0.15) is 5.10 Å². The summed E-state index contributed by atoms with van der Waals surface area (Å²) in [6.45, 7) is 0.464. The van der Waals surface area contributed by atoms with E-state index in [-0.39, 0.29) is 5.91 Å². The van der Waals surface area contributed by atoms with Gasteiger partial charge in [-0.1, -0.05) is 72.3 Å². The van der Waals surface area contributed by atoms with Gasteiger partial charge < -0.3 is 15.6 Å². The fourth-order valence-corrected chi connectivity index (χ4v) is 3.86. The topological polar surface area (TPSA) is 98.4 Å². The molecule has 3 aromatic carbocycles. The highest BCUT2D eigenvalue weighted by atomic mass is 35.5. The van der Waals surface area contributed by atoms with Crippen LogP contribution in [0.2, 0.25) is 5.02 Å². The number of hydrazone groups is 1. The van der Waals surface area contributed by atoms with Crippen molar-refractivity contribution in [3.8, 4) is 0 Å². The summed E-state index contributed by atoms with van der Waals surface area (Å²) in [5.41, 5.74) is 6.25. The van der Waals surface area contributed by atoms with E-state index >= 15 is 0 Å². The number of aromatic nitrogens is 1. The molecule has 1 aromatic heterocycles. The molecule has 178 valence electrons. The second kappa shape index (κ2) is 11.9. The van der Waals surface area contributed by atoms with Crippen LogP contribution in [0.4, 0.5) is 4.79 Å². The summed E-state index contributed by atoms with van der Waals surface area (Å²) in [7, 11) is 0. The molecule has 1 atom stereocenters. The molecule has 0 spiro atoms. The van der Waals surface area contributed by atoms with E-state index in [2.05, 4.69) is 26.1 Å². The molecule has 4 aromatic rings. The maximum Gasteiger partial charge on any atom is 0.335 e. The third-order valence-corrected chi connectivity index (χ3v) is 5.78. The normalized spacial score (nSPS) is 11.9. The number of nitrogens with zero attached hydrogens (tertiary/aromatic N) is 1. The monoisotopic (exact) mass is 487 g/mol. The van der Waals surface area contributed by atoms with Crippen LogP contribution in [0.3, 0.4) is 0 Å². The highest BCUT2D eigenvalue weighted by Crippen LogP contribution is 2.19. The molecule has 0 aliphatic heterocycles. The number of amides is 3. The maximum absolute atomic E-state index is 13.0. The Morgan fingerprint density at radius 2 is 1.71 bits per heavy atom. The minimum atomic E-state index is -0.782. The molecule has 4 rings (SSSR count). The number of fused-ring (bicyclic) bond motifs is 1. The first-order valence-corrected chi connectivity index (χ1v) is 11.7. The zero-order valence-electron chi connectivity index (χ0n) is 19.0. The van der Waals surface area contributed by atoms with Crippen molar-refractivity contribution in [3.63, 3.8) is 0 Å². The number of nitrogens with one attached hydrogen (secondary N) is 4. The quantitative estimate of drug-likeness (QED) is 0.207. The molecule has 0 aliphatic carbocycles. The Morgan fingerprint density at radius 1 is 0.971 bits per heavy atom. The first-order valence-electron chi connectivity index (χ1n) is 11.3. The van der Waals surface area contributed by atoms with Crippen molar-refractivity contribution in [2.75, 3.05) is 6.54 Å². The van der Waals surface area contributed by atoms with Crippen LogP contribution >= 0.6 is 11.6 Å². The molecule has 0 saturated carbocycles. The molecule has 35 heavy (non-hydrogen) atoms. The number of H-pyrrole nitrogens is 1. The third kappa shape index (κ3) is 6.94. The van der Waals surface area contributed by atoms with Gasteiger partial charge in [-0.25, -0.2) is 10.2 Å². The lowest BCUT2D eigenvalue weighted by molar-refractivity contribution is -0.122. The van der Waals surface area contributed by atoms with Crippen molar-refractivity contribution in [2.45, 2.75) is 18.9 Å². The van der Waals surface area contributed by atoms with Crippen LogP contribution in [0.5, 0.6) is 0 Å². The molecule has 7 nitrogen and oxygen atoms in total. The Labute approximate surface area is 208 Å². The van der Waals surface area contributed by atoms with Crippen molar-refractivity contribution in [1.29, 1.82) is 0 Å². The van der Waals surface area contributed by atoms with E-state index in [9.17, 15) is 9.59 Å². The number of urea groups is 1. The van der Waals surface area contributed by atoms with Crippen LogP contribution in [0.15, 0.2) is 90.2 Å². The predicted molar refractivity (Wildman–Crippen MR) is 140 cm³/mol. The lowest BCUT2D eigenvalue weighted by atomic mass is 10.0. The summed E-state index contributed by atoms with van der Waals surface area (Å²) in [6.07, 6.45) is 4.40. The Balaban J connectivity index is 1.40. The first kappa shape index (κ1) is 24.0. The minimum Gasteiger partial charge on any atom is -0.361 e. The SMILES string of the molecule is O=C(N/N=C/c1ccc(Cl)cc1)N[C@H](Cc1c[nH]c2ccccc12)C(=O)NCCc1ccccc1. The average molecular weight is 488 g/mol. The fourth-order valence-electron chi connectivity index (χ4n) is 3.73. The predicted octanol–water partition coefficient (Wildman–Crippen LogP) is 4.42. The van der Waals surface area contributed by atoms with Gasteiger partial charge in [0.05, 0.1) is 6.21 Å². The van der Waals surface area contributed by atoms with E-state index in [1.54, 1.807) is 24.3 Å². The van der Waals surface area contributed by atoms with Crippen molar-refractivity contribution in [1.82, 2.24) is 21.0 Å². The molecule has 0 unspecified atom stereocenters. The second-order valence-corrected chi connectivity index (χ2v) is 8.47. The van der Waals surface area contributed by atoms with E-state index in [1.807, 2.05) is 60.8 Å². The lowest BCUT2D eigenvalue weighted by Gasteiger charge is -2.18. The zero-order chi connectivity index (χ0) is 24.5. The number of rotatable bonds is 9. The highest BCUT2D eigenvalue weighted by molar-refractivity contribution is 6.30. The van der Waals surface area contributed by atoms with E-state index in [4.69, 9.17) is 11.6 Å². The number of carbonyl (C=O) groups excluding carboxylic acids is 2. The average Bonchev–Trinajstić information content (AvgIpc) is 3.28. The number of para-hydroxylation sites is 1. The van der Waals surface area contributed by atoms with Gasteiger partial charge in [0.25, 0.3) is 0 Å². The summed E-state index contributed by atoms with van der Waals surface area (Å²) < 4.78 is 0. The largest absolute Gasteiger partial charge is 0.361 e. The van der Waals surface area contributed by atoms with Gasteiger partial charge in [0.15, 0.2) is 0 Å². The van der Waals surface area contributed by atoms with E-state index in [0.717, 1.165) is 27.6 Å². The van der Waals surface area contributed by atoms with Crippen molar-refractivity contribution < 1.29 is 9.59 Å². The smallest absolute Gasteiger partial charge is 0.335 e. The van der Waals surface area contributed by atoms with Crippen LogP contribution in [-0.4, -0.2) is 35.7 Å². The first-order chi connectivity index (χ1) is 17.1. The summed E-state index contributed by atoms with van der Waals surface area (Å²) in [4.78, 5) is 28.8. The second-order valence-electron chi connectivity index (χ2n) is 8.04. The number of carbonyl (C=O) groups is 2. The molecule has 4 N–H and O–H groups in total. The van der Waals surface area contributed by atoms with Crippen LogP contribution < -0.4 is 16.1 Å². The molecular weight excluding hydrogens is 462 g/mol. The molecule has 3 amide bonds. The van der Waals surface area contributed by atoms with Crippen molar-refractivity contribution >= 4 is 40.7 Å². The van der Waals surface area contributed by atoms with Gasteiger partial charge in [0.1, 0.15) is 6.04 Å². The molecule has 1 heterocycles. The number of aromatic amines is 1. The van der Waals surface area contributed by atoms with Gasteiger partial charge in [0.2, 0.25) is 5.91 Å². The standard InChI is InChI=1S/C27H26ClN5O2/c28-22-12-10-20(11-13-22)17-31-33-27(35)32-25(16-21-18-30-24-9-5-4-8-23(21)24)26(34)29-15-14-19-6-2-1-3-7-19/h1-13,17-18,25,30H,14-16H2,(H,29,34)(H2,32,33,35)/b31-17+/t25-/m1/s1. The molecule has 0 saturated heterocycles. The zero-order valence-corrected chi connectivity index (χ0v) is 19.8. The van der Waals surface area contributed by atoms with Gasteiger partial charge in [0, 0.05) is 35.1 Å². The molecule has 0 aliphatic rings. The van der Waals surface area contributed by atoms with E-state index < -0.39 is 12.1 Å². The lowest BCUT2D eigenvalue weighted by Crippen LogP contribution is -2.50. The summed E-state index contributed by atoms with van der Waals surface area (Å²) in [5, 5.41) is 11.3.